The quantitative estimate of drug-likeness (QED) is 0.134. The van der Waals surface area contributed by atoms with Gasteiger partial charge >= 0.3 is 0 Å². The van der Waals surface area contributed by atoms with Crippen molar-refractivity contribution in [1.82, 2.24) is 4.57 Å². The maximum Gasteiger partial charge on any atom is 0.252 e. The lowest BCUT2D eigenvalue weighted by atomic mass is 9.33. The van der Waals surface area contributed by atoms with Crippen LogP contribution in [-0.4, -0.2) is 11.3 Å². The van der Waals surface area contributed by atoms with E-state index in [1.165, 1.54) is 11.1 Å². The Bertz CT molecular complexity index is 4550. The topological polar surface area (TPSA) is 11.4 Å². The van der Waals surface area contributed by atoms with Crippen LogP contribution >= 0.6 is 0 Å². The number of aromatic nitrogens is 1. The first-order valence-corrected chi connectivity index (χ1v) is 26.0. The van der Waals surface area contributed by atoms with Gasteiger partial charge in [-0.15, -0.1) is 0 Å². The van der Waals surface area contributed by atoms with Gasteiger partial charge in [0.1, 0.15) is 0 Å². The van der Waals surface area contributed by atoms with Gasteiger partial charge < -0.3 is 14.4 Å². The van der Waals surface area contributed by atoms with E-state index in [0.717, 1.165) is 83.9 Å². The van der Waals surface area contributed by atoms with Crippen molar-refractivity contribution < 1.29 is 11.0 Å². The SMILES string of the molecule is [2H]c1c([2H])c([2H])c2c(c1[2H])c1c([2H])c([2H])c([2H])c([2H])c1n2-c1cc2c3c(c1)N(c1ccc(C(C)(C)c4ccccc4)cc1)c1ccc(C(C)(C)c4ccccc4)cc1B3c1cc(-c3ccccc3)ccc1N2c1ccc(-c2ccccc2)cc1. The number of fused-ring (bicyclic) bond motifs is 7. The van der Waals surface area contributed by atoms with E-state index < -0.39 is 29.6 Å². The summed E-state index contributed by atoms with van der Waals surface area (Å²) >= 11 is 0. The van der Waals surface area contributed by atoms with E-state index in [1.54, 1.807) is 4.57 Å². The van der Waals surface area contributed by atoms with E-state index in [-0.39, 0.29) is 58.1 Å². The van der Waals surface area contributed by atoms with E-state index in [4.69, 9.17) is 5.48 Å². The van der Waals surface area contributed by atoms with Crippen LogP contribution in [0.5, 0.6) is 0 Å². The first-order chi connectivity index (χ1) is 40.5. The number of anilines is 6. The molecule has 76 heavy (non-hydrogen) atoms. The van der Waals surface area contributed by atoms with Gasteiger partial charge in [0.05, 0.1) is 27.7 Å². The first kappa shape index (κ1) is 37.6. The molecule has 3 nitrogen and oxygen atoms in total. The summed E-state index contributed by atoms with van der Waals surface area (Å²) in [4.78, 5) is 4.61. The number of hydrogen-bond acceptors (Lipinski definition) is 2. The Balaban J connectivity index is 1.13. The predicted molar refractivity (Wildman–Crippen MR) is 323 cm³/mol. The van der Waals surface area contributed by atoms with Crippen LogP contribution < -0.4 is 26.2 Å². The van der Waals surface area contributed by atoms with Crippen molar-refractivity contribution in [2.24, 2.45) is 0 Å². The number of rotatable bonds is 9. The van der Waals surface area contributed by atoms with Crippen LogP contribution in [0.1, 0.15) is 60.9 Å². The maximum absolute atomic E-state index is 9.67. The van der Waals surface area contributed by atoms with E-state index in [1.807, 2.05) is 30.3 Å². The summed E-state index contributed by atoms with van der Waals surface area (Å²) in [6, 6.07) is 73.6. The van der Waals surface area contributed by atoms with Gasteiger partial charge in [0.15, 0.2) is 0 Å². The fourth-order valence-corrected chi connectivity index (χ4v) is 12.1. The molecule has 0 amide bonds. The summed E-state index contributed by atoms with van der Waals surface area (Å²) in [5.41, 5.74) is 17.1. The van der Waals surface area contributed by atoms with Crippen LogP contribution in [0.25, 0.3) is 49.7 Å². The zero-order valence-electron chi connectivity index (χ0n) is 50.7. The molecule has 14 rings (SSSR count). The summed E-state index contributed by atoms with van der Waals surface area (Å²) in [6.45, 7) is 8.67. The monoisotopic (exact) mass is 982 g/mol. The van der Waals surface area contributed by atoms with Crippen molar-refractivity contribution in [3.8, 4) is 27.9 Å². The molecular formula is C72H56BN3. The van der Waals surface area contributed by atoms with Gasteiger partial charge in [-0.1, -0.05) is 234 Å². The van der Waals surface area contributed by atoms with Gasteiger partial charge in [0.2, 0.25) is 0 Å². The molecule has 1 aromatic heterocycles. The average Bonchev–Trinajstić information content (AvgIpc) is 1.22. The second-order valence-corrected chi connectivity index (χ2v) is 21.1. The lowest BCUT2D eigenvalue weighted by Gasteiger charge is -2.45. The predicted octanol–water partition coefficient (Wildman–Crippen LogP) is 16.9. The molecule has 0 atom stereocenters. The third-order valence-electron chi connectivity index (χ3n) is 16.2. The van der Waals surface area contributed by atoms with Crippen molar-refractivity contribution in [1.29, 1.82) is 0 Å². The highest BCUT2D eigenvalue weighted by Gasteiger charge is 2.45. The molecule has 0 radical (unpaired) electrons. The number of benzene rings is 11. The summed E-state index contributed by atoms with van der Waals surface area (Å²) in [5.74, 6) is 0. The molecule has 0 saturated heterocycles. The van der Waals surface area contributed by atoms with Crippen molar-refractivity contribution in [3.05, 3.63) is 289 Å². The second kappa shape index (κ2) is 17.8. The Kier molecular flexibility index (Phi) is 8.80. The number of nitrogens with zero attached hydrogens (tertiary/aromatic N) is 3. The van der Waals surface area contributed by atoms with E-state index in [9.17, 15) is 5.48 Å². The van der Waals surface area contributed by atoms with Crippen LogP contribution in [0.2, 0.25) is 0 Å². The zero-order valence-corrected chi connectivity index (χ0v) is 42.7. The fourth-order valence-electron chi connectivity index (χ4n) is 12.1. The van der Waals surface area contributed by atoms with Crippen molar-refractivity contribution in [2.75, 3.05) is 9.80 Å². The van der Waals surface area contributed by atoms with E-state index >= 15 is 0 Å². The summed E-state index contributed by atoms with van der Waals surface area (Å²) < 4.78 is 75.8. The molecule has 0 aliphatic carbocycles. The first-order valence-electron chi connectivity index (χ1n) is 30.0. The van der Waals surface area contributed by atoms with Gasteiger partial charge in [-0.05, 0) is 122 Å². The van der Waals surface area contributed by atoms with Crippen LogP contribution in [0, 0.1) is 0 Å². The molecule has 0 fully saturated rings. The fraction of sp³-hybridized carbons (Fsp3) is 0.0833. The molecule has 2 aliphatic rings. The van der Waals surface area contributed by atoms with Crippen LogP contribution in [0.3, 0.4) is 0 Å². The largest absolute Gasteiger partial charge is 0.311 e. The average molecular weight is 982 g/mol. The van der Waals surface area contributed by atoms with Crippen LogP contribution in [0.15, 0.2) is 267 Å². The van der Waals surface area contributed by atoms with E-state index in [2.05, 4.69) is 226 Å². The van der Waals surface area contributed by atoms with Gasteiger partial charge in [0, 0.05) is 55.7 Å². The summed E-state index contributed by atoms with van der Waals surface area (Å²) in [6.07, 6.45) is 0. The molecule has 362 valence electrons. The molecule has 2 aliphatic heterocycles. The van der Waals surface area contributed by atoms with Gasteiger partial charge in [0.25, 0.3) is 6.71 Å². The number of hydrogen-bond donors (Lipinski definition) is 0. The molecule has 0 unspecified atom stereocenters. The Labute approximate surface area is 457 Å². The lowest BCUT2D eigenvalue weighted by Crippen LogP contribution is -2.61. The lowest BCUT2D eigenvalue weighted by molar-refractivity contribution is 0.641. The van der Waals surface area contributed by atoms with Crippen molar-refractivity contribution >= 4 is 79.0 Å². The minimum Gasteiger partial charge on any atom is -0.311 e. The standard InChI is InChI=1S/C72H56BN3/c1-71(2,53-25-13-7-14-26-53)55-36-41-58(42-37-55)75-67-44-38-56(72(3,4)54-27-15-8-16-28-54)46-63(67)73-62-45-52(50-23-11-6-12-24-50)35-43-66(62)74(57-39-33-51(34-40-57)49-21-9-5-10-22-49)68-47-59(48-69(75)70(68)73)76-64-31-19-17-29-60(64)61-30-18-20-32-65(61)76/h5-48H,1-4H3/i17D,18D,19D,20D,29D,30D,31D,32D. The van der Waals surface area contributed by atoms with Crippen molar-refractivity contribution in [2.45, 2.75) is 38.5 Å². The van der Waals surface area contributed by atoms with Gasteiger partial charge in [-0.3, -0.25) is 0 Å². The molecule has 0 saturated carbocycles. The third kappa shape index (κ3) is 7.27. The Morgan fingerprint density at radius 3 is 1.28 bits per heavy atom. The van der Waals surface area contributed by atoms with Crippen LogP contribution in [0.4, 0.5) is 34.1 Å². The van der Waals surface area contributed by atoms with Gasteiger partial charge in [-0.2, -0.15) is 0 Å². The molecule has 4 heteroatoms. The summed E-state index contributed by atoms with van der Waals surface area (Å²) in [7, 11) is 0. The third-order valence-corrected chi connectivity index (χ3v) is 16.2. The second-order valence-electron chi connectivity index (χ2n) is 21.1. The molecular weight excluding hydrogens is 918 g/mol. The zero-order chi connectivity index (χ0) is 58.1. The molecule has 0 N–H and O–H groups in total. The molecule has 3 heterocycles. The number of para-hydroxylation sites is 2. The molecule has 0 bridgehead atoms. The molecule has 12 aromatic rings. The Morgan fingerprint density at radius 2 is 0.737 bits per heavy atom. The molecule has 0 spiro atoms. The Hall–Kier alpha value is -9.12. The van der Waals surface area contributed by atoms with Crippen LogP contribution in [-0.2, 0) is 10.8 Å². The van der Waals surface area contributed by atoms with Crippen molar-refractivity contribution in [3.63, 3.8) is 0 Å². The highest BCUT2D eigenvalue weighted by atomic mass is 15.2. The van der Waals surface area contributed by atoms with Gasteiger partial charge in [-0.25, -0.2) is 0 Å². The Morgan fingerprint density at radius 1 is 0.342 bits per heavy atom. The molecule has 11 aromatic carbocycles. The van der Waals surface area contributed by atoms with E-state index in [0.29, 0.717) is 5.69 Å². The highest BCUT2D eigenvalue weighted by molar-refractivity contribution is 7.00. The normalized spacial score (nSPS) is 14.4. The highest BCUT2D eigenvalue weighted by Crippen LogP contribution is 2.48. The smallest absolute Gasteiger partial charge is 0.252 e. The minimum absolute atomic E-state index is 0.0202. The summed E-state index contributed by atoms with van der Waals surface area (Å²) in [5, 5.41) is 0.0403. The minimum atomic E-state index is -0.490. The maximum atomic E-state index is 9.67.